The summed E-state index contributed by atoms with van der Waals surface area (Å²) in [6.45, 7) is 2.08. The lowest BCUT2D eigenvalue weighted by Gasteiger charge is -2.33. The summed E-state index contributed by atoms with van der Waals surface area (Å²) in [5.74, 6) is -6.17. The first-order valence-corrected chi connectivity index (χ1v) is 10.1. The van der Waals surface area contributed by atoms with Gasteiger partial charge in [0.05, 0.1) is 25.4 Å². The highest BCUT2D eigenvalue weighted by atomic mass is 32.2. The lowest BCUT2D eigenvalue weighted by molar-refractivity contribution is -0.143. The maximum absolute atomic E-state index is 13.9. The molecule has 1 aromatic rings. The van der Waals surface area contributed by atoms with Gasteiger partial charge in [-0.05, 0) is 19.4 Å². The Labute approximate surface area is 159 Å². The molecule has 1 atom stereocenters. The van der Waals surface area contributed by atoms with Crippen LogP contribution in [0.3, 0.4) is 0 Å². The maximum Gasteiger partial charge on any atom is 0.335 e. The van der Waals surface area contributed by atoms with Crippen molar-refractivity contribution in [1.82, 2.24) is 0 Å². The summed E-state index contributed by atoms with van der Waals surface area (Å²) >= 11 is 0. The molecule has 28 heavy (non-hydrogen) atoms. The van der Waals surface area contributed by atoms with Crippen LogP contribution >= 0.6 is 0 Å². The monoisotopic (exact) mass is 421 g/mol. The van der Waals surface area contributed by atoms with E-state index >= 15 is 0 Å². The number of ether oxygens (including phenoxy) is 3. The average Bonchev–Trinajstić information content (AvgIpc) is 3.06. The van der Waals surface area contributed by atoms with Crippen LogP contribution in [0.4, 0.5) is 18.9 Å². The van der Waals surface area contributed by atoms with Gasteiger partial charge in [0, 0.05) is 18.6 Å². The second-order valence-electron chi connectivity index (χ2n) is 6.25. The van der Waals surface area contributed by atoms with Crippen molar-refractivity contribution in [3.8, 4) is 0 Å². The van der Waals surface area contributed by atoms with Gasteiger partial charge in [0.25, 0.3) is 0 Å². The minimum Gasteiger partial charge on any atom is -0.463 e. The van der Waals surface area contributed by atoms with Gasteiger partial charge in [-0.15, -0.1) is 0 Å². The van der Waals surface area contributed by atoms with Crippen LogP contribution < -0.4 is 4.72 Å². The molecular formula is C17H18F3NO6S. The second-order valence-corrected chi connectivity index (χ2v) is 8.11. The second kappa shape index (κ2) is 7.72. The van der Waals surface area contributed by atoms with Crippen molar-refractivity contribution in [2.45, 2.75) is 30.8 Å². The van der Waals surface area contributed by atoms with Gasteiger partial charge < -0.3 is 14.2 Å². The number of nitrogens with one attached hydrogen (secondary N) is 1. The fourth-order valence-electron chi connectivity index (χ4n) is 3.17. The van der Waals surface area contributed by atoms with Gasteiger partial charge >= 0.3 is 5.97 Å². The largest absolute Gasteiger partial charge is 0.463 e. The minimum absolute atomic E-state index is 0.00764. The SMILES string of the molecule is CCOC(=O)C1=CC2(CCC1S(=O)(=O)Nc1c(F)cc(F)cc1F)OCCO2. The van der Waals surface area contributed by atoms with Gasteiger partial charge in [-0.2, -0.15) is 0 Å². The number of halogens is 3. The Hall–Kier alpha value is -2.11. The summed E-state index contributed by atoms with van der Waals surface area (Å²) in [4.78, 5) is 12.3. The smallest absolute Gasteiger partial charge is 0.335 e. The standard InChI is InChI=1S/C17H18F3NO6S/c1-2-25-16(22)11-9-17(26-5-6-27-17)4-3-14(11)28(23,24)21-15-12(19)7-10(18)8-13(15)20/h7-9,14,21H,2-6H2,1H3. The number of benzene rings is 1. The van der Waals surface area contributed by atoms with Crippen molar-refractivity contribution in [3.05, 3.63) is 41.2 Å². The van der Waals surface area contributed by atoms with Crippen LogP contribution in [0.15, 0.2) is 23.8 Å². The van der Waals surface area contributed by atoms with Gasteiger partial charge in [0.15, 0.2) is 17.4 Å². The van der Waals surface area contributed by atoms with Crippen LogP contribution in [0, 0.1) is 17.5 Å². The molecule has 1 spiro atoms. The summed E-state index contributed by atoms with van der Waals surface area (Å²) in [7, 11) is -4.49. The fraction of sp³-hybridized carbons (Fsp3) is 0.471. The molecule has 1 aromatic carbocycles. The Balaban J connectivity index is 1.96. The van der Waals surface area contributed by atoms with Crippen molar-refractivity contribution in [2.24, 2.45) is 0 Å². The Morgan fingerprint density at radius 2 is 1.86 bits per heavy atom. The van der Waals surface area contributed by atoms with Gasteiger partial charge in [0.2, 0.25) is 10.0 Å². The van der Waals surface area contributed by atoms with E-state index in [0.29, 0.717) is 12.1 Å². The third-order valence-corrected chi connectivity index (χ3v) is 6.12. The van der Waals surface area contributed by atoms with Crippen molar-refractivity contribution in [2.75, 3.05) is 24.5 Å². The van der Waals surface area contributed by atoms with E-state index in [0.717, 1.165) is 0 Å². The quantitative estimate of drug-likeness (QED) is 0.734. The van der Waals surface area contributed by atoms with Gasteiger partial charge in [-0.1, -0.05) is 0 Å². The predicted molar refractivity (Wildman–Crippen MR) is 91.2 cm³/mol. The summed E-state index contributed by atoms with van der Waals surface area (Å²) in [6.07, 6.45) is 1.23. The first kappa shape index (κ1) is 20.6. The van der Waals surface area contributed by atoms with Crippen LogP contribution in [-0.4, -0.2) is 45.2 Å². The lowest BCUT2D eigenvalue weighted by atomic mass is 9.94. The molecule has 1 saturated heterocycles. The first-order chi connectivity index (χ1) is 13.2. The molecule has 1 N–H and O–H groups in total. The zero-order chi connectivity index (χ0) is 20.5. The van der Waals surface area contributed by atoms with Crippen LogP contribution in [0.25, 0.3) is 0 Å². The average molecular weight is 421 g/mol. The van der Waals surface area contributed by atoms with E-state index in [1.165, 1.54) is 6.08 Å². The number of sulfonamides is 1. The summed E-state index contributed by atoms with van der Waals surface area (Å²) in [5, 5.41) is -1.46. The number of rotatable bonds is 5. The summed E-state index contributed by atoms with van der Waals surface area (Å²) in [5.41, 5.74) is -1.29. The van der Waals surface area contributed by atoms with Crippen LogP contribution in [0.5, 0.6) is 0 Å². The molecule has 7 nitrogen and oxygen atoms in total. The molecule has 1 aliphatic heterocycles. The Morgan fingerprint density at radius 3 is 2.43 bits per heavy atom. The fourth-order valence-corrected chi connectivity index (χ4v) is 4.72. The highest BCUT2D eigenvalue weighted by Gasteiger charge is 2.46. The van der Waals surface area contributed by atoms with Crippen molar-refractivity contribution in [3.63, 3.8) is 0 Å². The highest BCUT2D eigenvalue weighted by Crippen LogP contribution is 2.38. The first-order valence-electron chi connectivity index (χ1n) is 8.51. The number of carbonyl (C=O) groups is 1. The van der Waals surface area contributed by atoms with E-state index in [-0.39, 0.29) is 38.2 Å². The predicted octanol–water partition coefficient (Wildman–Crippen LogP) is 2.24. The zero-order valence-corrected chi connectivity index (χ0v) is 15.7. The number of hydrogen-bond acceptors (Lipinski definition) is 6. The third-order valence-electron chi connectivity index (χ3n) is 4.39. The number of esters is 1. The topological polar surface area (TPSA) is 90.9 Å². The Morgan fingerprint density at radius 1 is 1.25 bits per heavy atom. The van der Waals surface area contributed by atoms with Crippen molar-refractivity contribution in [1.29, 1.82) is 0 Å². The van der Waals surface area contributed by atoms with Crippen LogP contribution in [0.2, 0.25) is 0 Å². The van der Waals surface area contributed by atoms with Gasteiger partial charge in [-0.3, -0.25) is 4.72 Å². The van der Waals surface area contributed by atoms with Crippen molar-refractivity contribution >= 4 is 21.7 Å². The number of hydrogen-bond donors (Lipinski definition) is 1. The van der Waals surface area contributed by atoms with E-state index in [4.69, 9.17) is 14.2 Å². The molecule has 11 heteroatoms. The summed E-state index contributed by atoms with van der Waals surface area (Å²) in [6, 6.07) is 0.693. The van der Waals surface area contributed by atoms with Gasteiger partial charge in [0.1, 0.15) is 16.8 Å². The third kappa shape index (κ3) is 4.01. The van der Waals surface area contributed by atoms with E-state index < -0.39 is 50.2 Å². The molecule has 2 aliphatic rings. The Bertz CT molecular complexity index is 888. The molecule has 0 bridgehead atoms. The normalized spacial score (nSPS) is 21.4. The molecule has 1 heterocycles. The number of carbonyl (C=O) groups excluding carboxylic acids is 1. The molecule has 1 unspecified atom stereocenters. The van der Waals surface area contributed by atoms with E-state index in [9.17, 15) is 26.4 Å². The van der Waals surface area contributed by atoms with E-state index in [1.807, 2.05) is 0 Å². The van der Waals surface area contributed by atoms with Crippen LogP contribution in [0.1, 0.15) is 19.8 Å². The van der Waals surface area contributed by atoms with Crippen molar-refractivity contribution < 1.29 is 40.6 Å². The highest BCUT2D eigenvalue weighted by molar-refractivity contribution is 7.93. The van der Waals surface area contributed by atoms with Gasteiger partial charge in [-0.25, -0.2) is 26.4 Å². The molecular weight excluding hydrogens is 403 g/mol. The Kier molecular flexibility index (Phi) is 5.69. The molecule has 0 aromatic heterocycles. The van der Waals surface area contributed by atoms with E-state index in [2.05, 4.69) is 0 Å². The molecule has 1 fully saturated rings. The molecule has 0 radical (unpaired) electrons. The lowest BCUT2D eigenvalue weighted by Crippen LogP contribution is -2.42. The summed E-state index contributed by atoms with van der Waals surface area (Å²) < 4.78 is 84.1. The molecule has 0 amide bonds. The number of anilines is 1. The zero-order valence-electron chi connectivity index (χ0n) is 14.8. The van der Waals surface area contributed by atoms with Crippen LogP contribution in [-0.2, 0) is 29.0 Å². The molecule has 0 saturated carbocycles. The molecule has 1 aliphatic carbocycles. The molecule has 3 rings (SSSR count). The molecule has 154 valence electrons. The van der Waals surface area contributed by atoms with E-state index in [1.54, 1.807) is 11.6 Å². The minimum atomic E-state index is -4.49. The maximum atomic E-state index is 13.9.